The molecule has 0 aromatic heterocycles. The van der Waals surface area contributed by atoms with E-state index in [1.165, 1.54) is 0 Å². The van der Waals surface area contributed by atoms with Crippen LogP contribution in [-0.2, 0) is 11.0 Å². The van der Waals surface area contributed by atoms with Crippen molar-refractivity contribution in [1.82, 2.24) is 5.32 Å². The second-order valence-electron chi connectivity index (χ2n) is 5.37. The molecule has 0 bridgehead atoms. The van der Waals surface area contributed by atoms with Crippen LogP contribution in [0.15, 0.2) is 48.5 Å². The minimum absolute atomic E-state index is 0.0669. The predicted octanol–water partition coefficient (Wildman–Crippen LogP) is 3.22. The largest absolute Gasteiger partial charge is 0.484 e. The van der Waals surface area contributed by atoms with E-state index in [1.54, 1.807) is 30.3 Å². The van der Waals surface area contributed by atoms with Crippen molar-refractivity contribution in [3.8, 4) is 5.75 Å². The highest BCUT2D eigenvalue weighted by Crippen LogP contribution is 2.34. The van der Waals surface area contributed by atoms with Gasteiger partial charge in [0.2, 0.25) is 0 Å². The van der Waals surface area contributed by atoms with Gasteiger partial charge in [-0.1, -0.05) is 18.2 Å². The third-order valence-corrected chi connectivity index (χ3v) is 3.40. The Hall–Kier alpha value is -3.30. The Morgan fingerprint density at radius 2 is 1.81 bits per heavy atom. The number of hydrogen-bond acceptors (Lipinski definition) is 5. The molecule has 2 rings (SSSR count). The Balaban J connectivity index is 1.82. The lowest BCUT2D eigenvalue weighted by Crippen LogP contribution is -2.32. The standard InChI is InChI=1S/C17H16F3N3O4/c18-17(19,20)12-6-7-14(15(10-12)23(25)26)21-8-9-22-16(24)11-27-13-4-2-1-3-5-13/h1-7,10,21H,8-9,11H2,(H,22,24). The van der Waals surface area contributed by atoms with Crippen molar-refractivity contribution in [2.24, 2.45) is 0 Å². The molecule has 0 unspecified atom stereocenters. The predicted molar refractivity (Wildman–Crippen MR) is 91.5 cm³/mol. The van der Waals surface area contributed by atoms with Gasteiger partial charge in [0.05, 0.1) is 10.5 Å². The number of nitrogens with zero attached hydrogens (tertiary/aromatic N) is 1. The highest BCUT2D eigenvalue weighted by molar-refractivity contribution is 5.77. The van der Waals surface area contributed by atoms with Crippen molar-refractivity contribution < 1.29 is 27.6 Å². The molecule has 0 radical (unpaired) electrons. The maximum absolute atomic E-state index is 12.7. The molecule has 27 heavy (non-hydrogen) atoms. The van der Waals surface area contributed by atoms with E-state index in [9.17, 15) is 28.1 Å². The fourth-order valence-corrected chi connectivity index (χ4v) is 2.12. The maximum Gasteiger partial charge on any atom is 0.416 e. The van der Waals surface area contributed by atoms with E-state index >= 15 is 0 Å². The molecular weight excluding hydrogens is 367 g/mol. The average molecular weight is 383 g/mol. The van der Waals surface area contributed by atoms with Gasteiger partial charge in [-0.05, 0) is 24.3 Å². The fourth-order valence-electron chi connectivity index (χ4n) is 2.12. The molecule has 0 fully saturated rings. The van der Waals surface area contributed by atoms with Crippen LogP contribution in [-0.4, -0.2) is 30.5 Å². The molecule has 0 aliphatic carbocycles. The summed E-state index contributed by atoms with van der Waals surface area (Å²) in [6, 6.07) is 10.9. The van der Waals surface area contributed by atoms with Crippen molar-refractivity contribution >= 4 is 17.3 Å². The minimum atomic E-state index is -4.67. The molecule has 1 amide bonds. The van der Waals surface area contributed by atoms with Crippen molar-refractivity contribution in [3.63, 3.8) is 0 Å². The van der Waals surface area contributed by atoms with Crippen LogP contribution < -0.4 is 15.4 Å². The van der Waals surface area contributed by atoms with Gasteiger partial charge in [0.25, 0.3) is 11.6 Å². The van der Waals surface area contributed by atoms with E-state index in [1.807, 2.05) is 0 Å². The lowest BCUT2D eigenvalue weighted by molar-refractivity contribution is -0.384. The van der Waals surface area contributed by atoms with Crippen LogP contribution in [0.3, 0.4) is 0 Å². The number of carbonyl (C=O) groups excluding carboxylic acids is 1. The summed E-state index contributed by atoms with van der Waals surface area (Å²) >= 11 is 0. The highest BCUT2D eigenvalue weighted by atomic mass is 19.4. The Morgan fingerprint density at radius 3 is 2.44 bits per heavy atom. The zero-order chi connectivity index (χ0) is 19.9. The number of rotatable bonds is 8. The molecule has 0 heterocycles. The first-order valence-corrected chi connectivity index (χ1v) is 7.81. The molecule has 2 aromatic carbocycles. The van der Waals surface area contributed by atoms with Crippen LogP contribution in [0, 0.1) is 10.1 Å². The Bertz CT molecular complexity index is 798. The molecule has 144 valence electrons. The number of carbonyl (C=O) groups is 1. The van der Waals surface area contributed by atoms with Crippen LogP contribution >= 0.6 is 0 Å². The molecule has 0 atom stereocenters. The molecule has 0 aliphatic rings. The molecule has 0 aliphatic heterocycles. The summed E-state index contributed by atoms with van der Waals surface area (Å²) in [4.78, 5) is 21.7. The van der Waals surface area contributed by atoms with E-state index in [4.69, 9.17) is 4.74 Å². The summed E-state index contributed by atoms with van der Waals surface area (Å²) in [7, 11) is 0. The molecular formula is C17H16F3N3O4. The second kappa shape index (κ2) is 8.88. The molecule has 0 saturated carbocycles. The van der Waals surface area contributed by atoms with Crippen molar-refractivity contribution in [3.05, 3.63) is 64.2 Å². The van der Waals surface area contributed by atoms with E-state index in [-0.39, 0.29) is 25.4 Å². The van der Waals surface area contributed by atoms with E-state index in [2.05, 4.69) is 10.6 Å². The number of benzene rings is 2. The Morgan fingerprint density at radius 1 is 1.11 bits per heavy atom. The van der Waals surface area contributed by atoms with E-state index < -0.39 is 28.3 Å². The number of para-hydroxylation sites is 1. The Kier molecular flexibility index (Phi) is 6.58. The smallest absolute Gasteiger partial charge is 0.416 e. The third kappa shape index (κ3) is 6.17. The first-order valence-electron chi connectivity index (χ1n) is 7.81. The topological polar surface area (TPSA) is 93.5 Å². The molecule has 2 aromatic rings. The molecule has 0 spiro atoms. The van der Waals surface area contributed by atoms with Crippen molar-refractivity contribution in [1.29, 1.82) is 0 Å². The number of amides is 1. The number of nitrogens with one attached hydrogen (secondary N) is 2. The zero-order valence-corrected chi connectivity index (χ0v) is 14.0. The maximum atomic E-state index is 12.7. The highest BCUT2D eigenvalue weighted by Gasteiger charge is 2.32. The van der Waals surface area contributed by atoms with Gasteiger partial charge in [-0.2, -0.15) is 13.2 Å². The van der Waals surface area contributed by atoms with Crippen molar-refractivity contribution in [2.45, 2.75) is 6.18 Å². The number of nitro benzene ring substituents is 1. The van der Waals surface area contributed by atoms with Crippen molar-refractivity contribution in [2.75, 3.05) is 25.0 Å². The van der Waals surface area contributed by atoms with Gasteiger partial charge in [0.15, 0.2) is 6.61 Å². The number of alkyl halides is 3. The number of ether oxygens (including phenoxy) is 1. The van der Waals surface area contributed by atoms with Gasteiger partial charge in [0, 0.05) is 19.2 Å². The lowest BCUT2D eigenvalue weighted by Gasteiger charge is -2.11. The summed E-state index contributed by atoms with van der Waals surface area (Å²) < 4.78 is 43.2. The number of hydrogen-bond donors (Lipinski definition) is 2. The second-order valence-corrected chi connectivity index (χ2v) is 5.37. The van der Waals surface area contributed by atoms with Gasteiger partial charge >= 0.3 is 6.18 Å². The van der Waals surface area contributed by atoms with Gasteiger partial charge in [0.1, 0.15) is 11.4 Å². The number of nitro groups is 1. The van der Waals surface area contributed by atoms with Crippen LogP contribution in [0.25, 0.3) is 0 Å². The summed E-state index contributed by atoms with van der Waals surface area (Å²) in [5.74, 6) is 0.133. The minimum Gasteiger partial charge on any atom is -0.484 e. The van der Waals surface area contributed by atoms with E-state index in [0.29, 0.717) is 11.8 Å². The van der Waals surface area contributed by atoms with Gasteiger partial charge in [-0.3, -0.25) is 14.9 Å². The summed E-state index contributed by atoms with van der Waals surface area (Å²) in [5, 5.41) is 16.1. The normalized spacial score (nSPS) is 10.9. The summed E-state index contributed by atoms with van der Waals surface area (Å²) in [5.41, 5.74) is -1.86. The third-order valence-electron chi connectivity index (χ3n) is 3.40. The molecule has 2 N–H and O–H groups in total. The van der Waals surface area contributed by atoms with Crippen LogP contribution in [0.1, 0.15) is 5.56 Å². The van der Waals surface area contributed by atoms with Crippen LogP contribution in [0.4, 0.5) is 24.5 Å². The van der Waals surface area contributed by atoms with Gasteiger partial charge in [-0.25, -0.2) is 0 Å². The Labute approximate surface area is 152 Å². The first kappa shape index (κ1) is 20.0. The summed E-state index contributed by atoms with van der Waals surface area (Å²) in [6.45, 7) is -0.0110. The fraction of sp³-hybridized carbons (Fsp3) is 0.235. The van der Waals surface area contributed by atoms with Gasteiger partial charge in [-0.15, -0.1) is 0 Å². The lowest BCUT2D eigenvalue weighted by atomic mass is 10.1. The number of anilines is 1. The molecule has 7 nitrogen and oxygen atoms in total. The molecule has 0 saturated heterocycles. The quantitative estimate of drug-likeness (QED) is 0.415. The summed E-state index contributed by atoms with van der Waals surface area (Å²) in [6.07, 6.45) is -4.67. The SMILES string of the molecule is O=C(COc1ccccc1)NCCNc1ccc(C(F)(F)F)cc1[N+](=O)[O-]. The van der Waals surface area contributed by atoms with Crippen LogP contribution in [0.5, 0.6) is 5.75 Å². The first-order chi connectivity index (χ1) is 12.8. The monoisotopic (exact) mass is 383 g/mol. The molecule has 10 heteroatoms. The van der Waals surface area contributed by atoms with E-state index in [0.717, 1.165) is 12.1 Å². The number of halogens is 3. The zero-order valence-electron chi connectivity index (χ0n) is 14.0. The van der Waals surface area contributed by atoms with Gasteiger partial charge < -0.3 is 15.4 Å². The average Bonchev–Trinajstić information content (AvgIpc) is 2.63. The van der Waals surface area contributed by atoms with Crippen LogP contribution in [0.2, 0.25) is 0 Å².